The van der Waals surface area contributed by atoms with E-state index in [-0.39, 0.29) is 11.2 Å². The molecule has 0 amide bonds. The van der Waals surface area contributed by atoms with Crippen LogP contribution in [0.2, 0.25) is 0 Å². The average molecular weight is 200 g/mol. The maximum Gasteiger partial charge on any atom is 0.178 e. The van der Waals surface area contributed by atoms with Crippen molar-refractivity contribution >= 4 is 21.6 Å². The van der Waals surface area contributed by atoms with Crippen LogP contribution in [0.5, 0.6) is 0 Å². The molecular weight excluding hydrogens is 194 g/mol. The second kappa shape index (κ2) is 3.01. The molecule has 0 saturated heterocycles. The van der Waals surface area contributed by atoms with Gasteiger partial charge in [-0.3, -0.25) is 0 Å². The molecule has 0 atom stereocenters. The third-order valence-electron chi connectivity index (χ3n) is 1.67. The topological polar surface area (TPSA) is 38.9 Å². The Morgan fingerprint density at radius 2 is 2.15 bits per heavy atom. The van der Waals surface area contributed by atoms with Crippen molar-refractivity contribution in [2.24, 2.45) is 5.73 Å². The van der Waals surface area contributed by atoms with Gasteiger partial charge < -0.3 is 5.73 Å². The predicted octanol–water partition coefficient (Wildman–Crippen LogP) is 2.03. The lowest BCUT2D eigenvalue weighted by Gasteiger charge is -1.90. The molecule has 2 nitrogen and oxygen atoms in total. The Labute approximate surface area is 77.0 Å². The Morgan fingerprint density at radius 1 is 1.38 bits per heavy atom. The van der Waals surface area contributed by atoms with Gasteiger partial charge in [0.1, 0.15) is 5.01 Å². The molecule has 2 rings (SSSR count). The van der Waals surface area contributed by atoms with Crippen LogP contribution in [0.4, 0.5) is 8.78 Å². The summed E-state index contributed by atoms with van der Waals surface area (Å²) in [6, 6.07) is 2.51. The molecule has 2 aromatic rings. The van der Waals surface area contributed by atoms with Crippen LogP contribution in [0.25, 0.3) is 10.2 Å². The van der Waals surface area contributed by atoms with Gasteiger partial charge in [0.2, 0.25) is 0 Å². The van der Waals surface area contributed by atoms with E-state index >= 15 is 0 Å². The molecule has 0 bridgehead atoms. The summed E-state index contributed by atoms with van der Waals surface area (Å²) in [6.45, 7) is 0.250. The highest BCUT2D eigenvalue weighted by atomic mass is 32.1. The highest BCUT2D eigenvalue weighted by Crippen LogP contribution is 2.26. The zero-order valence-electron chi connectivity index (χ0n) is 6.55. The summed E-state index contributed by atoms with van der Waals surface area (Å²) in [5.74, 6) is -1.69. The van der Waals surface area contributed by atoms with Crippen LogP contribution in [0.3, 0.4) is 0 Å². The van der Waals surface area contributed by atoms with E-state index in [1.54, 1.807) is 0 Å². The highest BCUT2D eigenvalue weighted by molar-refractivity contribution is 7.18. The zero-order chi connectivity index (χ0) is 9.42. The molecule has 0 unspecified atom stereocenters. The number of hydrogen-bond acceptors (Lipinski definition) is 3. The van der Waals surface area contributed by atoms with E-state index in [1.165, 1.54) is 6.07 Å². The molecule has 1 aromatic carbocycles. The quantitative estimate of drug-likeness (QED) is 0.765. The van der Waals surface area contributed by atoms with Gasteiger partial charge in [0.05, 0.1) is 10.2 Å². The van der Waals surface area contributed by atoms with E-state index in [9.17, 15) is 8.78 Å². The molecule has 0 saturated carbocycles. The van der Waals surface area contributed by atoms with E-state index in [4.69, 9.17) is 5.73 Å². The van der Waals surface area contributed by atoms with E-state index in [0.29, 0.717) is 10.5 Å². The van der Waals surface area contributed by atoms with Crippen LogP contribution in [0, 0.1) is 11.6 Å². The Hall–Kier alpha value is -1.07. The van der Waals surface area contributed by atoms with Crippen molar-refractivity contribution in [3.05, 3.63) is 28.8 Å². The van der Waals surface area contributed by atoms with Crippen LogP contribution < -0.4 is 5.73 Å². The number of nitrogens with two attached hydrogens (primary N) is 1. The van der Waals surface area contributed by atoms with Crippen LogP contribution in [-0.4, -0.2) is 4.98 Å². The second-order valence-electron chi connectivity index (χ2n) is 2.52. The van der Waals surface area contributed by atoms with Gasteiger partial charge in [-0.2, -0.15) is 0 Å². The van der Waals surface area contributed by atoms with Crippen LogP contribution in [0.15, 0.2) is 12.1 Å². The molecular formula is C8H6F2N2S. The first-order valence-electron chi connectivity index (χ1n) is 3.66. The fourth-order valence-corrected chi connectivity index (χ4v) is 1.94. The fourth-order valence-electron chi connectivity index (χ4n) is 1.07. The van der Waals surface area contributed by atoms with Crippen molar-refractivity contribution in [3.63, 3.8) is 0 Å². The summed E-state index contributed by atoms with van der Waals surface area (Å²) in [6.07, 6.45) is 0. The third-order valence-corrected chi connectivity index (χ3v) is 2.75. The van der Waals surface area contributed by atoms with Gasteiger partial charge in [-0.25, -0.2) is 13.8 Å². The first kappa shape index (κ1) is 8.52. The van der Waals surface area contributed by atoms with Gasteiger partial charge in [-0.1, -0.05) is 0 Å². The summed E-state index contributed by atoms with van der Waals surface area (Å²) >= 11 is 1.09. The number of benzene rings is 1. The zero-order valence-corrected chi connectivity index (χ0v) is 7.37. The average Bonchev–Trinajstić information content (AvgIpc) is 2.55. The molecule has 13 heavy (non-hydrogen) atoms. The maximum absolute atomic E-state index is 13.1. The number of halogens is 2. The molecule has 0 aliphatic carbocycles. The molecule has 0 aliphatic heterocycles. The van der Waals surface area contributed by atoms with Crippen molar-refractivity contribution in [2.45, 2.75) is 6.54 Å². The minimum atomic E-state index is -0.847. The lowest BCUT2D eigenvalue weighted by Crippen LogP contribution is -1.93. The summed E-state index contributed by atoms with van der Waals surface area (Å²) < 4.78 is 26.1. The summed E-state index contributed by atoms with van der Waals surface area (Å²) in [4.78, 5) is 4.02. The Balaban J connectivity index is 2.76. The molecule has 0 aliphatic rings. The van der Waals surface area contributed by atoms with E-state index in [0.717, 1.165) is 17.4 Å². The third kappa shape index (κ3) is 1.30. The van der Waals surface area contributed by atoms with Crippen LogP contribution >= 0.6 is 11.3 Å². The number of nitrogens with zero attached hydrogens (tertiary/aromatic N) is 1. The lowest BCUT2D eigenvalue weighted by atomic mass is 10.3. The first-order chi connectivity index (χ1) is 6.22. The molecule has 2 N–H and O–H groups in total. The number of hydrogen-bond donors (Lipinski definition) is 1. The van der Waals surface area contributed by atoms with Crippen molar-refractivity contribution in [1.82, 2.24) is 4.98 Å². The van der Waals surface area contributed by atoms with Crippen molar-refractivity contribution < 1.29 is 8.78 Å². The Bertz CT molecular complexity index is 453. The largest absolute Gasteiger partial charge is 0.325 e. The summed E-state index contributed by atoms with van der Waals surface area (Å²) in [7, 11) is 0. The predicted molar refractivity (Wildman–Crippen MR) is 47.4 cm³/mol. The molecule has 5 heteroatoms. The fraction of sp³-hybridized carbons (Fsp3) is 0.125. The second-order valence-corrected chi connectivity index (χ2v) is 3.60. The van der Waals surface area contributed by atoms with Crippen LogP contribution in [-0.2, 0) is 6.54 Å². The van der Waals surface area contributed by atoms with Gasteiger partial charge in [-0.05, 0) is 12.1 Å². The molecule has 68 valence electrons. The van der Waals surface area contributed by atoms with E-state index in [1.807, 2.05) is 0 Å². The minimum Gasteiger partial charge on any atom is -0.325 e. The van der Waals surface area contributed by atoms with Gasteiger partial charge in [0.15, 0.2) is 11.6 Å². The summed E-state index contributed by atoms with van der Waals surface area (Å²) in [5.41, 5.74) is 5.80. The minimum absolute atomic E-state index is 0.237. The smallest absolute Gasteiger partial charge is 0.178 e. The molecule has 1 aromatic heterocycles. The number of aromatic nitrogens is 1. The highest BCUT2D eigenvalue weighted by Gasteiger charge is 2.11. The Morgan fingerprint density at radius 3 is 2.85 bits per heavy atom. The van der Waals surface area contributed by atoms with Crippen molar-refractivity contribution in [1.29, 1.82) is 0 Å². The molecule has 1 heterocycles. The molecule has 0 radical (unpaired) electrons. The van der Waals surface area contributed by atoms with E-state index < -0.39 is 11.6 Å². The number of fused-ring (bicyclic) bond motifs is 1. The SMILES string of the molecule is NCc1nc2ccc(F)c(F)c2s1. The lowest BCUT2D eigenvalue weighted by molar-refractivity contribution is 0.518. The number of rotatable bonds is 1. The van der Waals surface area contributed by atoms with Gasteiger partial charge in [0, 0.05) is 6.54 Å². The summed E-state index contributed by atoms with van der Waals surface area (Å²) in [5, 5.41) is 0.611. The maximum atomic E-state index is 13.1. The molecule has 0 fully saturated rings. The van der Waals surface area contributed by atoms with E-state index in [2.05, 4.69) is 4.98 Å². The number of thiazole rings is 1. The standard InChI is InChI=1S/C8H6F2N2S/c9-4-1-2-5-8(7(4)10)13-6(3-11)12-5/h1-2H,3,11H2. The van der Waals surface area contributed by atoms with Gasteiger partial charge in [-0.15, -0.1) is 11.3 Å². The van der Waals surface area contributed by atoms with Crippen molar-refractivity contribution in [2.75, 3.05) is 0 Å². The Kier molecular flexibility index (Phi) is 1.97. The molecule has 0 spiro atoms. The normalized spacial score (nSPS) is 11.0. The van der Waals surface area contributed by atoms with Crippen LogP contribution in [0.1, 0.15) is 5.01 Å². The van der Waals surface area contributed by atoms with Gasteiger partial charge in [0.25, 0.3) is 0 Å². The monoisotopic (exact) mass is 200 g/mol. The van der Waals surface area contributed by atoms with Gasteiger partial charge >= 0.3 is 0 Å². The first-order valence-corrected chi connectivity index (χ1v) is 4.47. The van der Waals surface area contributed by atoms with Crippen molar-refractivity contribution in [3.8, 4) is 0 Å².